The van der Waals surface area contributed by atoms with Gasteiger partial charge in [-0.05, 0) is 28.3 Å². The molecule has 2 fully saturated rings. The highest BCUT2D eigenvalue weighted by molar-refractivity contribution is 6.14. The molecule has 0 radical (unpaired) electrons. The summed E-state index contributed by atoms with van der Waals surface area (Å²) in [5.74, 6) is -2.20. The van der Waals surface area contributed by atoms with Crippen molar-refractivity contribution in [3.05, 3.63) is 142 Å². The second kappa shape index (κ2) is 8.58. The molecule has 2 amide bonds. The van der Waals surface area contributed by atoms with Gasteiger partial charge in [0.15, 0.2) is 5.78 Å². The van der Waals surface area contributed by atoms with Crippen LogP contribution in [0, 0.1) is 11.8 Å². The van der Waals surface area contributed by atoms with Crippen LogP contribution in [0.15, 0.2) is 103 Å². The van der Waals surface area contributed by atoms with Crippen LogP contribution in [-0.4, -0.2) is 41.6 Å². The third-order valence-electron chi connectivity index (χ3n) is 9.65. The Morgan fingerprint density at radius 3 is 1.78 bits per heavy atom. The standard InChI is InChI=1S/C35H25NO5/c37-31(20-10-2-1-3-11-20)21-12-4-5-13-22(21)34(40)41-19-18-36-32(38)27-28(33(36)39)30-24-15-7-9-17-26(24)35(30)25-16-8-6-14-23(25)29(27)35/h1-17,27-30H,18-19H2/t27-,28+,29-,30-,35?/m1/s1. The molecular formula is C35H25NO5. The fourth-order valence-electron chi connectivity index (χ4n) is 8.19. The van der Waals surface area contributed by atoms with Crippen LogP contribution in [0.5, 0.6) is 0 Å². The second-order valence-electron chi connectivity index (χ2n) is 11.3. The molecule has 4 aromatic carbocycles. The highest BCUT2D eigenvalue weighted by Crippen LogP contribution is 2.80. The van der Waals surface area contributed by atoms with Gasteiger partial charge in [0.2, 0.25) is 11.8 Å². The molecule has 1 spiro atoms. The summed E-state index contributed by atoms with van der Waals surface area (Å²) >= 11 is 0. The van der Waals surface area contributed by atoms with Gasteiger partial charge >= 0.3 is 5.97 Å². The summed E-state index contributed by atoms with van der Waals surface area (Å²) in [4.78, 5) is 55.0. The fourth-order valence-corrected chi connectivity index (χ4v) is 8.19. The van der Waals surface area contributed by atoms with E-state index in [9.17, 15) is 19.2 Å². The quantitative estimate of drug-likeness (QED) is 0.198. The molecule has 3 aliphatic carbocycles. The number of esters is 1. The van der Waals surface area contributed by atoms with E-state index in [1.807, 2.05) is 30.3 Å². The molecule has 1 unspecified atom stereocenters. The monoisotopic (exact) mass is 539 g/mol. The first-order valence-electron chi connectivity index (χ1n) is 13.9. The molecule has 0 aromatic heterocycles. The predicted octanol–water partition coefficient (Wildman–Crippen LogP) is 4.87. The van der Waals surface area contributed by atoms with Crippen LogP contribution < -0.4 is 0 Å². The van der Waals surface area contributed by atoms with Crippen LogP contribution in [0.2, 0.25) is 0 Å². The molecule has 1 saturated carbocycles. The van der Waals surface area contributed by atoms with Crippen molar-refractivity contribution in [3.8, 4) is 0 Å². The zero-order valence-electron chi connectivity index (χ0n) is 22.0. The molecule has 4 aromatic rings. The van der Waals surface area contributed by atoms with Gasteiger partial charge < -0.3 is 4.74 Å². The molecule has 200 valence electrons. The lowest BCUT2D eigenvalue weighted by Crippen LogP contribution is -2.55. The highest BCUT2D eigenvalue weighted by Gasteiger charge is 2.78. The normalized spacial score (nSPS) is 26.1. The van der Waals surface area contributed by atoms with E-state index in [-0.39, 0.29) is 59.1 Å². The maximum absolute atomic E-state index is 13.8. The Bertz CT molecular complexity index is 1720. The third kappa shape index (κ3) is 2.97. The Balaban J connectivity index is 1.02. The summed E-state index contributed by atoms with van der Waals surface area (Å²) in [6, 6.07) is 31.8. The maximum atomic E-state index is 13.8. The number of ketones is 1. The van der Waals surface area contributed by atoms with Crippen LogP contribution in [0.1, 0.15) is 60.4 Å². The van der Waals surface area contributed by atoms with Gasteiger partial charge in [-0.2, -0.15) is 0 Å². The number of ether oxygens (including phenoxy) is 1. The van der Waals surface area contributed by atoms with Crippen LogP contribution in [0.4, 0.5) is 0 Å². The number of hydrogen-bond donors (Lipinski definition) is 0. The fraction of sp³-hybridized carbons (Fsp3) is 0.200. The number of hydrogen-bond acceptors (Lipinski definition) is 5. The minimum atomic E-state index is -0.663. The summed E-state index contributed by atoms with van der Waals surface area (Å²) in [5, 5.41) is 0. The van der Waals surface area contributed by atoms with E-state index in [0.29, 0.717) is 5.56 Å². The van der Waals surface area contributed by atoms with Gasteiger partial charge in [0.1, 0.15) is 6.61 Å². The molecule has 1 heterocycles. The number of carbonyl (C=O) groups excluding carboxylic acids is 4. The smallest absolute Gasteiger partial charge is 0.338 e. The van der Waals surface area contributed by atoms with E-state index in [1.54, 1.807) is 48.5 Å². The van der Waals surface area contributed by atoms with Gasteiger partial charge in [0.05, 0.1) is 23.9 Å². The molecule has 8 rings (SSSR count). The van der Waals surface area contributed by atoms with Crippen molar-refractivity contribution in [2.45, 2.75) is 17.3 Å². The molecule has 41 heavy (non-hydrogen) atoms. The Labute approximate surface area is 236 Å². The minimum absolute atomic E-state index is 0.0130. The van der Waals surface area contributed by atoms with Crippen molar-refractivity contribution in [2.24, 2.45) is 11.8 Å². The molecule has 0 bridgehead atoms. The molecule has 1 aliphatic heterocycles. The average Bonchev–Trinajstić information content (AvgIpc) is 3.37. The Morgan fingerprint density at radius 1 is 0.659 bits per heavy atom. The van der Waals surface area contributed by atoms with Crippen LogP contribution in [0.25, 0.3) is 0 Å². The first-order valence-corrected chi connectivity index (χ1v) is 13.9. The number of likely N-dealkylation sites (tertiary alicyclic amines) is 1. The largest absolute Gasteiger partial charge is 0.460 e. The summed E-state index contributed by atoms with van der Waals surface area (Å²) in [5.41, 5.74) is 5.41. The van der Waals surface area contributed by atoms with Crippen LogP contribution in [-0.2, 0) is 19.7 Å². The lowest BCUT2D eigenvalue weighted by molar-refractivity contribution is -0.141. The Kier molecular flexibility index (Phi) is 5.02. The molecule has 5 atom stereocenters. The molecule has 6 nitrogen and oxygen atoms in total. The van der Waals surface area contributed by atoms with Gasteiger partial charge in [0, 0.05) is 28.4 Å². The van der Waals surface area contributed by atoms with Gasteiger partial charge in [-0.3, -0.25) is 19.3 Å². The Hall–Kier alpha value is -4.84. The zero-order chi connectivity index (χ0) is 27.9. The molecule has 4 aliphatic rings. The first kappa shape index (κ1) is 24.0. The summed E-state index contributed by atoms with van der Waals surface area (Å²) in [6.45, 7) is -0.155. The topological polar surface area (TPSA) is 80.8 Å². The molecule has 6 heteroatoms. The van der Waals surface area contributed by atoms with E-state index in [4.69, 9.17) is 4.74 Å². The number of nitrogens with zero attached hydrogens (tertiary/aromatic N) is 1. The van der Waals surface area contributed by atoms with Crippen molar-refractivity contribution in [1.82, 2.24) is 4.90 Å². The van der Waals surface area contributed by atoms with Gasteiger partial charge in [0.25, 0.3) is 0 Å². The van der Waals surface area contributed by atoms with E-state index < -0.39 is 17.8 Å². The van der Waals surface area contributed by atoms with Gasteiger partial charge in [-0.15, -0.1) is 0 Å². The summed E-state index contributed by atoms with van der Waals surface area (Å²) in [6.07, 6.45) is 0. The average molecular weight is 540 g/mol. The van der Waals surface area contributed by atoms with Crippen molar-refractivity contribution < 1.29 is 23.9 Å². The SMILES string of the molecule is O=C(OCCN1C(=O)[C@@H]2[C@H](C1=O)[C@H]1c3ccccc3C13c1ccccc1[C@H]23)c1ccccc1C(=O)c1ccccc1. The maximum Gasteiger partial charge on any atom is 0.338 e. The van der Waals surface area contributed by atoms with Crippen molar-refractivity contribution in [2.75, 3.05) is 13.2 Å². The molecule has 0 N–H and O–H groups in total. The van der Waals surface area contributed by atoms with Crippen LogP contribution in [0.3, 0.4) is 0 Å². The lowest BCUT2D eigenvalue weighted by Gasteiger charge is -2.59. The van der Waals surface area contributed by atoms with E-state index in [1.165, 1.54) is 16.0 Å². The minimum Gasteiger partial charge on any atom is -0.460 e. The third-order valence-corrected chi connectivity index (χ3v) is 9.65. The first-order chi connectivity index (χ1) is 20.0. The Morgan fingerprint density at radius 2 is 1.17 bits per heavy atom. The summed E-state index contributed by atoms with van der Waals surface area (Å²) < 4.78 is 5.53. The predicted molar refractivity (Wildman–Crippen MR) is 149 cm³/mol. The number of fused-ring (bicyclic) bond motifs is 7. The number of rotatable bonds is 6. The van der Waals surface area contributed by atoms with E-state index >= 15 is 0 Å². The van der Waals surface area contributed by atoms with Gasteiger partial charge in [-0.1, -0.05) is 97.1 Å². The van der Waals surface area contributed by atoms with Crippen molar-refractivity contribution in [1.29, 1.82) is 0 Å². The van der Waals surface area contributed by atoms with E-state index in [2.05, 4.69) is 24.3 Å². The lowest BCUT2D eigenvalue weighted by atomic mass is 9.43. The number of imide groups is 1. The van der Waals surface area contributed by atoms with E-state index in [0.717, 1.165) is 11.1 Å². The van der Waals surface area contributed by atoms with Crippen molar-refractivity contribution in [3.63, 3.8) is 0 Å². The van der Waals surface area contributed by atoms with Gasteiger partial charge in [-0.25, -0.2) is 4.79 Å². The van der Waals surface area contributed by atoms with Crippen molar-refractivity contribution >= 4 is 23.6 Å². The second-order valence-corrected chi connectivity index (χ2v) is 11.3. The number of carbonyl (C=O) groups is 4. The van der Waals surface area contributed by atoms with Crippen LogP contribution >= 0.6 is 0 Å². The summed E-state index contributed by atoms with van der Waals surface area (Å²) in [7, 11) is 0. The zero-order valence-corrected chi connectivity index (χ0v) is 22.0. The number of amides is 2. The molecule has 1 saturated heterocycles. The molecular weight excluding hydrogens is 514 g/mol. The number of benzene rings is 4. The highest BCUT2D eigenvalue weighted by atomic mass is 16.5.